The molecule has 1 fully saturated rings. The van der Waals surface area contributed by atoms with Crippen LogP contribution in [-0.4, -0.2) is 72.5 Å². The minimum Gasteiger partial charge on any atom is -0.379 e. The largest absolute Gasteiger partial charge is 0.379 e. The average Bonchev–Trinajstić information content (AvgIpc) is 3.20. The number of anilines is 1. The van der Waals surface area contributed by atoms with E-state index in [9.17, 15) is 9.59 Å². The SMILES string of the molecule is Cc1csc(NC(=O)CN(CCN2CCOCC2)C(=O)c2ccc3ccccc3c2)n1. The van der Waals surface area contributed by atoms with Crippen LogP contribution in [-0.2, 0) is 9.53 Å². The van der Waals surface area contributed by atoms with Crippen molar-refractivity contribution in [2.45, 2.75) is 6.92 Å². The minimum atomic E-state index is -0.245. The summed E-state index contributed by atoms with van der Waals surface area (Å²) in [4.78, 5) is 34.2. The van der Waals surface area contributed by atoms with Gasteiger partial charge >= 0.3 is 0 Å². The monoisotopic (exact) mass is 438 g/mol. The first kappa shape index (κ1) is 21.4. The molecule has 4 rings (SSSR count). The van der Waals surface area contributed by atoms with E-state index in [-0.39, 0.29) is 18.4 Å². The summed E-state index contributed by atoms with van der Waals surface area (Å²) in [6.07, 6.45) is 0. The van der Waals surface area contributed by atoms with Crippen LogP contribution in [0.15, 0.2) is 47.8 Å². The average molecular weight is 439 g/mol. The molecule has 0 unspecified atom stereocenters. The number of benzene rings is 2. The zero-order valence-electron chi connectivity index (χ0n) is 17.5. The van der Waals surface area contributed by atoms with E-state index in [2.05, 4.69) is 15.2 Å². The molecule has 0 aliphatic carbocycles. The van der Waals surface area contributed by atoms with Crippen LogP contribution in [0.1, 0.15) is 16.1 Å². The van der Waals surface area contributed by atoms with E-state index in [0.717, 1.165) is 29.6 Å². The van der Waals surface area contributed by atoms with Crippen molar-refractivity contribution in [2.24, 2.45) is 0 Å². The highest BCUT2D eigenvalue weighted by atomic mass is 32.1. The summed E-state index contributed by atoms with van der Waals surface area (Å²) in [5.74, 6) is -0.394. The molecule has 1 N–H and O–H groups in total. The molecule has 3 aromatic rings. The fraction of sp³-hybridized carbons (Fsp3) is 0.348. The number of nitrogens with zero attached hydrogens (tertiary/aromatic N) is 3. The molecule has 162 valence electrons. The molecule has 1 aromatic heterocycles. The van der Waals surface area contributed by atoms with E-state index in [1.54, 1.807) is 4.90 Å². The predicted molar refractivity (Wildman–Crippen MR) is 123 cm³/mol. The molecular formula is C23H26N4O3S. The molecule has 8 heteroatoms. The van der Waals surface area contributed by atoms with Crippen LogP contribution < -0.4 is 5.32 Å². The van der Waals surface area contributed by atoms with Crippen LogP contribution in [0.5, 0.6) is 0 Å². The van der Waals surface area contributed by atoms with Crippen molar-refractivity contribution in [3.8, 4) is 0 Å². The van der Waals surface area contributed by atoms with Gasteiger partial charge in [-0.05, 0) is 29.8 Å². The number of carbonyl (C=O) groups excluding carboxylic acids is 2. The maximum atomic E-state index is 13.3. The van der Waals surface area contributed by atoms with E-state index < -0.39 is 0 Å². The Balaban J connectivity index is 1.49. The van der Waals surface area contributed by atoms with Crippen LogP contribution in [0.3, 0.4) is 0 Å². The maximum absolute atomic E-state index is 13.3. The zero-order chi connectivity index (χ0) is 21.6. The number of thiazole rings is 1. The molecule has 0 bridgehead atoms. The maximum Gasteiger partial charge on any atom is 0.254 e. The fourth-order valence-electron chi connectivity index (χ4n) is 3.59. The molecule has 0 spiro atoms. The van der Waals surface area contributed by atoms with Gasteiger partial charge in [-0.15, -0.1) is 11.3 Å². The van der Waals surface area contributed by atoms with Gasteiger partial charge in [0.15, 0.2) is 5.13 Å². The first-order valence-corrected chi connectivity index (χ1v) is 11.3. The summed E-state index contributed by atoms with van der Waals surface area (Å²) >= 11 is 1.38. The Labute approximate surface area is 185 Å². The number of ether oxygens (including phenoxy) is 1. The highest BCUT2D eigenvalue weighted by Crippen LogP contribution is 2.18. The van der Waals surface area contributed by atoms with Crippen molar-refractivity contribution in [1.82, 2.24) is 14.8 Å². The third-order valence-corrected chi connectivity index (χ3v) is 6.15. The van der Waals surface area contributed by atoms with Crippen LogP contribution in [0.4, 0.5) is 5.13 Å². The van der Waals surface area contributed by atoms with Crippen molar-refractivity contribution in [3.63, 3.8) is 0 Å². The molecule has 0 saturated carbocycles. The number of carbonyl (C=O) groups is 2. The molecule has 7 nitrogen and oxygen atoms in total. The standard InChI is InChI=1S/C23H26N4O3S/c1-17-16-31-23(24-17)25-21(28)15-27(9-8-26-10-12-30-13-11-26)22(29)20-7-6-18-4-2-3-5-19(18)14-20/h2-7,14,16H,8-13,15H2,1H3,(H,24,25,28). The Morgan fingerprint density at radius 1 is 1.16 bits per heavy atom. The number of amides is 2. The lowest BCUT2D eigenvalue weighted by molar-refractivity contribution is -0.117. The third kappa shape index (κ3) is 5.66. The summed E-state index contributed by atoms with van der Waals surface area (Å²) in [7, 11) is 0. The zero-order valence-corrected chi connectivity index (χ0v) is 18.4. The lowest BCUT2D eigenvalue weighted by Crippen LogP contribution is -2.45. The predicted octanol–water partition coefficient (Wildman–Crippen LogP) is 3.02. The highest BCUT2D eigenvalue weighted by Gasteiger charge is 2.21. The smallest absolute Gasteiger partial charge is 0.254 e. The molecule has 1 aliphatic rings. The number of fused-ring (bicyclic) bond motifs is 1. The second-order valence-corrected chi connectivity index (χ2v) is 8.44. The number of rotatable bonds is 7. The third-order valence-electron chi connectivity index (χ3n) is 5.27. The fourth-order valence-corrected chi connectivity index (χ4v) is 4.29. The van der Waals surface area contributed by atoms with Gasteiger partial charge in [0.05, 0.1) is 18.9 Å². The van der Waals surface area contributed by atoms with Crippen molar-refractivity contribution in [1.29, 1.82) is 0 Å². The summed E-state index contributed by atoms with van der Waals surface area (Å²) in [6, 6.07) is 13.6. The molecule has 2 heterocycles. The van der Waals surface area contributed by atoms with Crippen LogP contribution in [0.25, 0.3) is 10.8 Å². The van der Waals surface area contributed by atoms with Gasteiger partial charge in [0.25, 0.3) is 5.91 Å². The molecule has 1 saturated heterocycles. The van der Waals surface area contributed by atoms with E-state index in [1.807, 2.05) is 54.8 Å². The molecular weight excluding hydrogens is 412 g/mol. The van der Waals surface area contributed by atoms with E-state index in [0.29, 0.717) is 37.0 Å². The van der Waals surface area contributed by atoms with Gasteiger partial charge in [0, 0.05) is 37.1 Å². The van der Waals surface area contributed by atoms with Gasteiger partial charge in [-0.25, -0.2) is 4.98 Å². The number of aromatic nitrogens is 1. The summed E-state index contributed by atoms with van der Waals surface area (Å²) in [5, 5.41) is 7.32. The Kier molecular flexibility index (Phi) is 6.91. The Morgan fingerprint density at radius 3 is 2.68 bits per heavy atom. The van der Waals surface area contributed by atoms with Gasteiger partial charge in [0.2, 0.25) is 5.91 Å². The second-order valence-electron chi connectivity index (χ2n) is 7.58. The first-order chi connectivity index (χ1) is 15.1. The summed E-state index contributed by atoms with van der Waals surface area (Å²) in [5.41, 5.74) is 1.44. The van der Waals surface area contributed by atoms with Crippen LogP contribution in [0.2, 0.25) is 0 Å². The molecule has 31 heavy (non-hydrogen) atoms. The molecule has 1 aliphatic heterocycles. The van der Waals surface area contributed by atoms with Crippen LogP contribution in [0, 0.1) is 6.92 Å². The van der Waals surface area contributed by atoms with Crippen molar-refractivity contribution < 1.29 is 14.3 Å². The summed E-state index contributed by atoms with van der Waals surface area (Å²) < 4.78 is 5.40. The van der Waals surface area contributed by atoms with E-state index in [4.69, 9.17) is 4.74 Å². The van der Waals surface area contributed by atoms with Gasteiger partial charge < -0.3 is 15.0 Å². The Hall–Kier alpha value is -2.81. The molecule has 0 atom stereocenters. The quantitative estimate of drug-likeness (QED) is 0.614. The number of morpholine rings is 1. The lowest BCUT2D eigenvalue weighted by Gasteiger charge is -2.30. The number of aryl methyl sites for hydroxylation is 1. The number of hydrogen-bond donors (Lipinski definition) is 1. The summed E-state index contributed by atoms with van der Waals surface area (Å²) in [6.45, 7) is 6.09. The van der Waals surface area contributed by atoms with Crippen molar-refractivity contribution in [3.05, 3.63) is 59.1 Å². The second kappa shape index (κ2) is 10.00. The number of hydrogen-bond acceptors (Lipinski definition) is 6. The molecule has 2 aromatic carbocycles. The topological polar surface area (TPSA) is 74.8 Å². The Bertz CT molecular complexity index is 1060. The van der Waals surface area contributed by atoms with E-state index in [1.165, 1.54) is 11.3 Å². The van der Waals surface area contributed by atoms with Gasteiger partial charge in [-0.1, -0.05) is 30.3 Å². The van der Waals surface area contributed by atoms with Gasteiger partial charge in [0.1, 0.15) is 6.54 Å². The van der Waals surface area contributed by atoms with Gasteiger partial charge in [-0.2, -0.15) is 0 Å². The lowest BCUT2D eigenvalue weighted by atomic mass is 10.1. The molecule has 2 amide bonds. The first-order valence-electron chi connectivity index (χ1n) is 10.4. The normalized spacial score (nSPS) is 14.5. The number of nitrogens with one attached hydrogen (secondary N) is 1. The van der Waals surface area contributed by atoms with Crippen molar-refractivity contribution in [2.75, 3.05) is 51.3 Å². The Morgan fingerprint density at radius 2 is 1.94 bits per heavy atom. The highest BCUT2D eigenvalue weighted by molar-refractivity contribution is 7.13. The van der Waals surface area contributed by atoms with E-state index >= 15 is 0 Å². The van der Waals surface area contributed by atoms with Crippen LogP contribution >= 0.6 is 11.3 Å². The minimum absolute atomic E-state index is 0.0192. The van der Waals surface area contributed by atoms with Crippen molar-refractivity contribution >= 4 is 39.1 Å². The van der Waals surface area contributed by atoms with Gasteiger partial charge in [-0.3, -0.25) is 14.5 Å². The molecule has 0 radical (unpaired) electrons.